The van der Waals surface area contributed by atoms with Gasteiger partial charge in [0.05, 0.1) is 5.56 Å². The average Bonchev–Trinajstić information content (AvgIpc) is 2.20. The van der Waals surface area contributed by atoms with Gasteiger partial charge in [-0.15, -0.1) is 12.3 Å². The summed E-state index contributed by atoms with van der Waals surface area (Å²) in [7, 11) is 0. The van der Waals surface area contributed by atoms with E-state index in [1.54, 1.807) is 0 Å². The first-order valence-electron chi connectivity index (χ1n) is 4.91. The van der Waals surface area contributed by atoms with Crippen LogP contribution >= 0.6 is 15.9 Å². The molecule has 1 nitrogen and oxygen atoms in total. The predicted octanol–water partition coefficient (Wildman–Crippen LogP) is 4.29. The lowest BCUT2D eigenvalue weighted by molar-refractivity contribution is -0.137. The molecule has 1 unspecified atom stereocenters. The molecule has 1 N–H and O–H groups in total. The molecule has 17 heavy (non-hydrogen) atoms. The van der Waals surface area contributed by atoms with E-state index >= 15 is 0 Å². The van der Waals surface area contributed by atoms with E-state index in [0.29, 0.717) is 16.6 Å². The first kappa shape index (κ1) is 13.9. The van der Waals surface area contributed by atoms with Gasteiger partial charge in [0.25, 0.3) is 0 Å². The van der Waals surface area contributed by atoms with Crippen LogP contribution in [-0.2, 0) is 6.18 Å². The van der Waals surface area contributed by atoms with Crippen LogP contribution in [0.2, 0.25) is 0 Å². The van der Waals surface area contributed by atoms with E-state index in [-0.39, 0.29) is 6.04 Å². The third-order valence-corrected chi connectivity index (χ3v) is 2.78. The fourth-order valence-electron chi connectivity index (χ4n) is 1.30. The first-order valence-corrected chi connectivity index (χ1v) is 5.70. The maximum absolute atomic E-state index is 12.4. The van der Waals surface area contributed by atoms with Crippen LogP contribution in [0.4, 0.5) is 18.9 Å². The van der Waals surface area contributed by atoms with Crippen molar-refractivity contribution in [2.75, 3.05) is 5.32 Å². The molecule has 0 saturated carbocycles. The lowest BCUT2D eigenvalue weighted by Crippen LogP contribution is -2.15. The Labute approximate surface area is 107 Å². The van der Waals surface area contributed by atoms with Crippen LogP contribution < -0.4 is 5.32 Å². The van der Waals surface area contributed by atoms with Crippen molar-refractivity contribution in [3.63, 3.8) is 0 Å². The van der Waals surface area contributed by atoms with Gasteiger partial charge in [-0.2, -0.15) is 13.2 Å². The van der Waals surface area contributed by atoms with E-state index < -0.39 is 11.7 Å². The zero-order valence-electron chi connectivity index (χ0n) is 9.11. The van der Waals surface area contributed by atoms with Crippen molar-refractivity contribution in [3.8, 4) is 12.3 Å². The molecule has 0 fully saturated rings. The first-order chi connectivity index (χ1) is 7.84. The predicted molar refractivity (Wildman–Crippen MR) is 65.7 cm³/mol. The highest BCUT2D eigenvalue weighted by Gasteiger charge is 2.30. The smallest absolute Gasteiger partial charge is 0.381 e. The Morgan fingerprint density at radius 1 is 1.47 bits per heavy atom. The molecule has 0 amide bonds. The average molecular weight is 306 g/mol. The molecule has 0 aliphatic carbocycles. The number of hydrogen-bond donors (Lipinski definition) is 1. The summed E-state index contributed by atoms with van der Waals surface area (Å²) < 4.78 is 37.6. The van der Waals surface area contributed by atoms with Gasteiger partial charge in [-0.1, -0.05) is 0 Å². The Morgan fingerprint density at radius 2 is 2.12 bits per heavy atom. The number of alkyl halides is 3. The van der Waals surface area contributed by atoms with E-state index in [1.807, 2.05) is 6.92 Å². The van der Waals surface area contributed by atoms with Crippen molar-refractivity contribution in [1.29, 1.82) is 0 Å². The molecule has 5 heteroatoms. The standard InChI is InChI=1S/C12H11BrF3N/c1-3-4-8(2)17-11-6-5-9(7-10(11)13)12(14,15)16/h1,5-8,17H,4H2,2H3. The number of nitrogens with one attached hydrogen (secondary N) is 1. The minimum Gasteiger partial charge on any atom is -0.381 e. The Kier molecular flexibility index (Phi) is 4.47. The van der Waals surface area contributed by atoms with Crippen LogP contribution in [0.1, 0.15) is 18.9 Å². The van der Waals surface area contributed by atoms with Crippen molar-refractivity contribution in [3.05, 3.63) is 28.2 Å². The van der Waals surface area contributed by atoms with Gasteiger partial charge in [0.1, 0.15) is 0 Å². The maximum Gasteiger partial charge on any atom is 0.416 e. The second-order valence-electron chi connectivity index (χ2n) is 3.65. The molecule has 92 valence electrons. The second kappa shape index (κ2) is 5.46. The Balaban J connectivity index is 2.88. The fraction of sp³-hybridized carbons (Fsp3) is 0.333. The number of terminal acetylenes is 1. The molecule has 0 bridgehead atoms. The zero-order valence-corrected chi connectivity index (χ0v) is 10.7. The number of hydrogen-bond acceptors (Lipinski definition) is 1. The van der Waals surface area contributed by atoms with Crippen LogP contribution in [0.15, 0.2) is 22.7 Å². The minimum absolute atomic E-state index is 0.00744. The van der Waals surface area contributed by atoms with E-state index in [9.17, 15) is 13.2 Å². The molecule has 1 aromatic carbocycles. The molecule has 0 aliphatic rings. The van der Waals surface area contributed by atoms with Crippen LogP contribution in [0.5, 0.6) is 0 Å². The fourth-order valence-corrected chi connectivity index (χ4v) is 1.80. The van der Waals surface area contributed by atoms with Gasteiger partial charge in [0, 0.05) is 22.6 Å². The lowest BCUT2D eigenvalue weighted by Gasteiger charge is -2.15. The van der Waals surface area contributed by atoms with Gasteiger partial charge in [0.2, 0.25) is 0 Å². The summed E-state index contributed by atoms with van der Waals surface area (Å²) in [5.74, 6) is 2.49. The van der Waals surface area contributed by atoms with E-state index in [2.05, 4.69) is 27.2 Å². The van der Waals surface area contributed by atoms with Crippen LogP contribution in [-0.4, -0.2) is 6.04 Å². The summed E-state index contributed by atoms with van der Waals surface area (Å²) in [5, 5.41) is 3.03. The molecule has 1 atom stereocenters. The highest BCUT2D eigenvalue weighted by molar-refractivity contribution is 9.10. The van der Waals surface area contributed by atoms with Gasteiger partial charge in [-0.05, 0) is 41.1 Å². The van der Waals surface area contributed by atoms with Gasteiger partial charge >= 0.3 is 6.18 Å². The normalized spacial score (nSPS) is 12.9. The molecule has 1 aromatic rings. The van der Waals surface area contributed by atoms with Gasteiger partial charge < -0.3 is 5.32 Å². The Morgan fingerprint density at radius 3 is 2.59 bits per heavy atom. The SMILES string of the molecule is C#CCC(C)Nc1ccc(C(F)(F)F)cc1Br. The molecule has 0 spiro atoms. The third-order valence-electron chi connectivity index (χ3n) is 2.12. The van der Waals surface area contributed by atoms with Gasteiger partial charge in [-0.25, -0.2) is 0 Å². The summed E-state index contributed by atoms with van der Waals surface area (Å²) in [5.41, 5.74) is -0.0831. The van der Waals surface area contributed by atoms with Crippen LogP contribution in [0.25, 0.3) is 0 Å². The summed E-state index contributed by atoms with van der Waals surface area (Å²) in [6, 6.07) is 3.48. The van der Waals surface area contributed by atoms with Crippen molar-refractivity contribution in [2.24, 2.45) is 0 Å². The molecular weight excluding hydrogens is 295 g/mol. The van der Waals surface area contributed by atoms with Crippen LogP contribution in [0.3, 0.4) is 0 Å². The molecule has 1 rings (SSSR count). The van der Waals surface area contributed by atoms with E-state index in [1.165, 1.54) is 6.07 Å². The third kappa shape index (κ3) is 3.97. The number of benzene rings is 1. The molecular formula is C12H11BrF3N. The monoisotopic (exact) mass is 305 g/mol. The summed E-state index contributed by atoms with van der Waals surface area (Å²) >= 11 is 3.11. The summed E-state index contributed by atoms with van der Waals surface area (Å²) in [6.07, 6.45) is 1.33. The summed E-state index contributed by atoms with van der Waals surface area (Å²) in [4.78, 5) is 0. The largest absolute Gasteiger partial charge is 0.416 e. The molecule has 0 saturated heterocycles. The topological polar surface area (TPSA) is 12.0 Å². The van der Waals surface area contributed by atoms with E-state index in [0.717, 1.165) is 12.1 Å². The highest BCUT2D eigenvalue weighted by atomic mass is 79.9. The lowest BCUT2D eigenvalue weighted by atomic mass is 10.1. The number of halogens is 4. The number of rotatable bonds is 3. The van der Waals surface area contributed by atoms with Gasteiger partial charge in [-0.3, -0.25) is 0 Å². The quantitative estimate of drug-likeness (QED) is 0.821. The second-order valence-corrected chi connectivity index (χ2v) is 4.50. The van der Waals surface area contributed by atoms with E-state index in [4.69, 9.17) is 6.42 Å². The van der Waals surface area contributed by atoms with Crippen molar-refractivity contribution in [1.82, 2.24) is 0 Å². The maximum atomic E-state index is 12.4. The molecule has 0 heterocycles. The Bertz CT molecular complexity index is 434. The number of anilines is 1. The molecule has 0 aromatic heterocycles. The van der Waals surface area contributed by atoms with Gasteiger partial charge in [0.15, 0.2) is 0 Å². The molecule has 0 aliphatic heterocycles. The van der Waals surface area contributed by atoms with Crippen LogP contribution in [0, 0.1) is 12.3 Å². The van der Waals surface area contributed by atoms with Crippen molar-refractivity contribution >= 4 is 21.6 Å². The molecule has 0 radical (unpaired) electrons. The zero-order chi connectivity index (χ0) is 13.1. The minimum atomic E-state index is -4.33. The van der Waals surface area contributed by atoms with Crippen molar-refractivity contribution < 1.29 is 13.2 Å². The Hall–Kier alpha value is -1.15. The summed E-state index contributed by atoms with van der Waals surface area (Å²) in [6.45, 7) is 1.87. The van der Waals surface area contributed by atoms with Crippen molar-refractivity contribution in [2.45, 2.75) is 25.6 Å². The highest BCUT2D eigenvalue weighted by Crippen LogP contribution is 2.34.